The summed E-state index contributed by atoms with van der Waals surface area (Å²) in [5, 5.41) is 0. The summed E-state index contributed by atoms with van der Waals surface area (Å²) in [6.45, 7) is 2.15. The molecule has 0 saturated heterocycles. The lowest BCUT2D eigenvalue weighted by molar-refractivity contribution is 0.842. The molecule has 1 aromatic rings. The number of H-pyrrole nitrogens is 1. The first-order valence-electron chi connectivity index (χ1n) is 4.45. The number of hydrogen-bond acceptors (Lipinski definition) is 3. The summed E-state index contributed by atoms with van der Waals surface area (Å²) in [6, 6.07) is 0. The number of thioether (sulfide) groups is 1. The summed E-state index contributed by atoms with van der Waals surface area (Å²) in [5.74, 6) is 1.85. The smallest absolute Gasteiger partial charge is 0.144 e. The van der Waals surface area contributed by atoms with Crippen molar-refractivity contribution in [3.05, 3.63) is 20.6 Å². The molecule has 1 heterocycles. The lowest BCUT2D eigenvalue weighted by atomic mass is 10.2. The van der Waals surface area contributed by atoms with E-state index in [4.69, 9.17) is 12.2 Å². The van der Waals surface area contributed by atoms with E-state index in [2.05, 4.69) is 39.1 Å². The van der Waals surface area contributed by atoms with Crippen molar-refractivity contribution in [1.82, 2.24) is 9.97 Å². The van der Waals surface area contributed by atoms with Crippen molar-refractivity contribution in [1.29, 1.82) is 0 Å². The number of nitrogens with zero attached hydrogens (tertiary/aromatic N) is 1. The Morgan fingerprint density at radius 2 is 2.29 bits per heavy atom. The van der Waals surface area contributed by atoms with Crippen molar-refractivity contribution in [3.63, 3.8) is 0 Å². The van der Waals surface area contributed by atoms with Gasteiger partial charge in [0.25, 0.3) is 0 Å². The quantitative estimate of drug-likeness (QED) is 0.858. The third kappa shape index (κ3) is 3.07. The molecule has 0 aliphatic heterocycles. The van der Waals surface area contributed by atoms with Crippen LogP contribution in [0, 0.1) is 4.64 Å². The molecular weight excluding hydrogens is 280 g/mol. The molecule has 14 heavy (non-hydrogen) atoms. The Balaban J connectivity index is 3.07. The fraction of sp³-hybridized carbons (Fsp3) is 0.556. The Bertz CT molecular complexity index is 362. The summed E-state index contributed by atoms with van der Waals surface area (Å²) in [4.78, 5) is 7.61. The molecule has 2 nitrogen and oxygen atoms in total. The minimum atomic E-state index is 0.663. The summed E-state index contributed by atoms with van der Waals surface area (Å²) in [5.41, 5.74) is 1.16. The Hall–Kier alpha value is 0.130. The van der Waals surface area contributed by atoms with Gasteiger partial charge in [0.05, 0.1) is 10.2 Å². The normalized spacial score (nSPS) is 10.5. The third-order valence-corrected chi connectivity index (χ3v) is 3.74. The first kappa shape index (κ1) is 12.2. The average molecular weight is 293 g/mol. The number of aromatic amines is 1. The molecule has 1 aromatic heterocycles. The van der Waals surface area contributed by atoms with Gasteiger partial charge in [-0.2, -0.15) is 11.8 Å². The number of nitrogens with one attached hydrogen (secondary N) is 1. The monoisotopic (exact) mass is 292 g/mol. The molecule has 78 valence electrons. The van der Waals surface area contributed by atoms with Gasteiger partial charge < -0.3 is 4.98 Å². The van der Waals surface area contributed by atoms with E-state index in [9.17, 15) is 0 Å². The van der Waals surface area contributed by atoms with E-state index in [1.165, 1.54) is 0 Å². The topological polar surface area (TPSA) is 28.7 Å². The molecule has 1 N–H and O–H groups in total. The Labute approximate surface area is 102 Å². The van der Waals surface area contributed by atoms with Gasteiger partial charge in [-0.25, -0.2) is 4.98 Å². The zero-order chi connectivity index (χ0) is 10.6. The van der Waals surface area contributed by atoms with Crippen LogP contribution in [0.5, 0.6) is 0 Å². The highest BCUT2D eigenvalue weighted by Crippen LogP contribution is 2.18. The summed E-state index contributed by atoms with van der Waals surface area (Å²) in [6.07, 6.45) is 4.17. The highest BCUT2D eigenvalue weighted by atomic mass is 79.9. The molecule has 0 aliphatic carbocycles. The molecule has 0 saturated carbocycles. The zero-order valence-corrected chi connectivity index (χ0v) is 11.5. The molecule has 1 rings (SSSR count). The van der Waals surface area contributed by atoms with E-state index < -0.39 is 0 Å². The van der Waals surface area contributed by atoms with Crippen LogP contribution < -0.4 is 0 Å². The van der Waals surface area contributed by atoms with Crippen molar-refractivity contribution in [2.75, 3.05) is 6.26 Å². The minimum absolute atomic E-state index is 0.663. The van der Waals surface area contributed by atoms with Gasteiger partial charge in [0.1, 0.15) is 10.5 Å². The molecule has 0 radical (unpaired) electrons. The van der Waals surface area contributed by atoms with Crippen molar-refractivity contribution >= 4 is 39.9 Å². The summed E-state index contributed by atoms with van der Waals surface area (Å²) in [7, 11) is 0. The second kappa shape index (κ2) is 5.88. The Kier molecular flexibility index (Phi) is 5.12. The average Bonchev–Trinajstić information content (AvgIpc) is 2.14. The number of halogens is 1. The molecule has 0 amide bonds. The van der Waals surface area contributed by atoms with Gasteiger partial charge in [-0.15, -0.1) is 0 Å². The van der Waals surface area contributed by atoms with Gasteiger partial charge >= 0.3 is 0 Å². The maximum Gasteiger partial charge on any atom is 0.144 e. The van der Waals surface area contributed by atoms with Gasteiger partial charge in [0, 0.05) is 5.69 Å². The molecule has 0 atom stereocenters. The fourth-order valence-corrected chi connectivity index (χ4v) is 2.21. The first-order valence-corrected chi connectivity index (χ1v) is 7.05. The van der Waals surface area contributed by atoms with Crippen LogP contribution in [0.15, 0.2) is 4.47 Å². The zero-order valence-electron chi connectivity index (χ0n) is 8.26. The van der Waals surface area contributed by atoms with Gasteiger partial charge in [-0.1, -0.05) is 25.6 Å². The summed E-state index contributed by atoms with van der Waals surface area (Å²) >= 11 is 10.4. The van der Waals surface area contributed by atoms with Gasteiger partial charge in [-0.3, -0.25) is 0 Å². The number of aromatic nitrogens is 2. The lowest BCUT2D eigenvalue weighted by Gasteiger charge is -2.06. The molecule has 0 fully saturated rings. The lowest BCUT2D eigenvalue weighted by Crippen LogP contribution is -2.00. The largest absolute Gasteiger partial charge is 0.345 e. The molecule has 0 aromatic carbocycles. The number of rotatable bonds is 4. The highest BCUT2D eigenvalue weighted by molar-refractivity contribution is 9.10. The van der Waals surface area contributed by atoms with Crippen LogP contribution in [-0.4, -0.2) is 16.2 Å². The van der Waals surface area contributed by atoms with Crippen LogP contribution in [0.4, 0.5) is 0 Å². The molecule has 0 bridgehead atoms. The van der Waals surface area contributed by atoms with Crippen molar-refractivity contribution < 1.29 is 0 Å². The minimum Gasteiger partial charge on any atom is -0.345 e. The predicted molar refractivity (Wildman–Crippen MR) is 68.3 cm³/mol. The molecule has 5 heteroatoms. The van der Waals surface area contributed by atoms with E-state index in [-0.39, 0.29) is 0 Å². The van der Waals surface area contributed by atoms with Gasteiger partial charge in [-0.05, 0) is 28.6 Å². The molecule has 0 spiro atoms. The first-order chi connectivity index (χ1) is 6.69. The second-order valence-corrected chi connectivity index (χ2v) is 5.01. The summed E-state index contributed by atoms with van der Waals surface area (Å²) < 4.78 is 1.61. The van der Waals surface area contributed by atoms with E-state index in [1.807, 2.05) is 0 Å². The van der Waals surface area contributed by atoms with Crippen LogP contribution in [0.25, 0.3) is 0 Å². The van der Waals surface area contributed by atoms with Crippen molar-refractivity contribution in [2.24, 2.45) is 0 Å². The number of hydrogen-bond donors (Lipinski definition) is 1. The SMILES string of the molecule is CCCc1[nH]c(CSC)nc(=S)c1Br. The van der Waals surface area contributed by atoms with Crippen molar-refractivity contribution in [2.45, 2.75) is 25.5 Å². The predicted octanol–water partition coefficient (Wildman–Crippen LogP) is 3.72. The third-order valence-electron chi connectivity index (χ3n) is 1.77. The van der Waals surface area contributed by atoms with Crippen LogP contribution in [0.1, 0.15) is 24.9 Å². The van der Waals surface area contributed by atoms with Gasteiger partial charge in [0.2, 0.25) is 0 Å². The van der Waals surface area contributed by atoms with Crippen molar-refractivity contribution in [3.8, 4) is 0 Å². The van der Waals surface area contributed by atoms with Crippen LogP contribution in [0.2, 0.25) is 0 Å². The molecular formula is C9H13BrN2S2. The maximum atomic E-state index is 5.17. The van der Waals surface area contributed by atoms with Gasteiger partial charge in [0.15, 0.2) is 0 Å². The Morgan fingerprint density at radius 1 is 1.57 bits per heavy atom. The van der Waals surface area contributed by atoms with E-state index >= 15 is 0 Å². The standard InChI is InChI=1S/C9H13BrN2S2/c1-3-4-6-8(10)9(13)12-7(11-6)5-14-2/h3-5H2,1-2H3,(H,11,12,13). The van der Waals surface area contributed by atoms with E-state index in [1.54, 1.807) is 11.8 Å². The molecule has 0 unspecified atom stereocenters. The van der Waals surface area contributed by atoms with Crippen LogP contribution in [-0.2, 0) is 12.2 Å². The number of aryl methyl sites for hydroxylation is 1. The van der Waals surface area contributed by atoms with E-state index in [0.717, 1.165) is 34.6 Å². The fourth-order valence-electron chi connectivity index (χ4n) is 1.19. The van der Waals surface area contributed by atoms with E-state index in [0.29, 0.717) is 4.64 Å². The maximum absolute atomic E-state index is 5.17. The second-order valence-electron chi connectivity index (χ2n) is 2.96. The highest BCUT2D eigenvalue weighted by Gasteiger charge is 2.04. The Morgan fingerprint density at radius 3 is 2.86 bits per heavy atom. The van der Waals surface area contributed by atoms with Crippen LogP contribution >= 0.6 is 39.9 Å². The van der Waals surface area contributed by atoms with Crippen LogP contribution in [0.3, 0.4) is 0 Å². The molecule has 0 aliphatic rings.